The van der Waals surface area contributed by atoms with E-state index in [0.29, 0.717) is 12.3 Å². The molecule has 1 aromatic carbocycles. The summed E-state index contributed by atoms with van der Waals surface area (Å²) < 4.78 is 5.36. The highest BCUT2D eigenvalue weighted by Gasteiger charge is 2.07. The maximum Gasteiger partial charge on any atom is 0.185 e. The van der Waals surface area contributed by atoms with Crippen molar-refractivity contribution in [2.45, 2.75) is 20.0 Å². The zero-order valence-electron chi connectivity index (χ0n) is 10.7. The van der Waals surface area contributed by atoms with E-state index in [4.69, 9.17) is 4.42 Å². The summed E-state index contributed by atoms with van der Waals surface area (Å²) in [4.78, 5) is 12.7. The van der Waals surface area contributed by atoms with Crippen molar-refractivity contribution in [3.63, 3.8) is 0 Å². The molecule has 0 atom stereocenters. The Morgan fingerprint density at radius 1 is 1.17 bits per heavy atom. The first-order valence-corrected chi connectivity index (χ1v) is 5.96. The molecular formula is C15H17NO2. The van der Waals surface area contributed by atoms with Crippen molar-refractivity contribution in [2.75, 3.05) is 7.05 Å². The van der Waals surface area contributed by atoms with Crippen LogP contribution in [0.15, 0.2) is 40.8 Å². The highest BCUT2D eigenvalue weighted by Crippen LogP contribution is 2.13. The highest BCUT2D eigenvalue weighted by atomic mass is 16.3. The third-order valence-electron chi connectivity index (χ3n) is 2.93. The molecule has 18 heavy (non-hydrogen) atoms. The van der Waals surface area contributed by atoms with Crippen molar-refractivity contribution >= 4 is 6.29 Å². The van der Waals surface area contributed by atoms with Crippen LogP contribution in [0, 0.1) is 6.92 Å². The molecule has 2 aromatic rings. The Morgan fingerprint density at radius 2 is 1.94 bits per heavy atom. The van der Waals surface area contributed by atoms with Crippen LogP contribution in [-0.2, 0) is 13.1 Å². The number of hydrogen-bond acceptors (Lipinski definition) is 3. The zero-order chi connectivity index (χ0) is 13.0. The van der Waals surface area contributed by atoms with Gasteiger partial charge in [-0.1, -0.05) is 24.3 Å². The van der Waals surface area contributed by atoms with Crippen molar-refractivity contribution in [3.8, 4) is 0 Å². The second kappa shape index (κ2) is 5.65. The van der Waals surface area contributed by atoms with Gasteiger partial charge in [0.1, 0.15) is 5.76 Å². The van der Waals surface area contributed by atoms with Gasteiger partial charge < -0.3 is 4.42 Å². The van der Waals surface area contributed by atoms with Crippen LogP contribution >= 0.6 is 0 Å². The monoisotopic (exact) mass is 243 g/mol. The maximum atomic E-state index is 10.5. The van der Waals surface area contributed by atoms with Gasteiger partial charge in [0.05, 0.1) is 6.54 Å². The number of hydrogen-bond donors (Lipinski definition) is 0. The number of aryl methyl sites for hydroxylation is 1. The van der Waals surface area contributed by atoms with E-state index < -0.39 is 0 Å². The van der Waals surface area contributed by atoms with Gasteiger partial charge in [-0.05, 0) is 37.2 Å². The molecule has 1 heterocycles. The summed E-state index contributed by atoms with van der Waals surface area (Å²) >= 11 is 0. The van der Waals surface area contributed by atoms with Gasteiger partial charge in [-0.15, -0.1) is 0 Å². The number of carbonyl (C=O) groups is 1. The standard InChI is InChI=1S/C15H17NO2/c1-12-5-3-4-6-13(12)9-16(2)10-14-7-8-15(11-17)18-14/h3-8,11H,9-10H2,1-2H3. The number of furan rings is 1. The summed E-state index contributed by atoms with van der Waals surface area (Å²) in [5, 5.41) is 0. The summed E-state index contributed by atoms with van der Waals surface area (Å²) in [7, 11) is 2.04. The van der Waals surface area contributed by atoms with Gasteiger partial charge in [-0.3, -0.25) is 9.69 Å². The second-order valence-electron chi connectivity index (χ2n) is 4.52. The molecule has 0 aliphatic heterocycles. The lowest BCUT2D eigenvalue weighted by Crippen LogP contribution is -2.17. The lowest BCUT2D eigenvalue weighted by molar-refractivity contribution is 0.109. The SMILES string of the molecule is Cc1ccccc1CN(C)Cc1ccc(C=O)o1. The molecule has 0 spiro atoms. The van der Waals surface area contributed by atoms with E-state index in [9.17, 15) is 4.79 Å². The number of nitrogens with zero attached hydrogens (tertiary/aromatic N) is 1. The van der Waals surface area contributed by atoms with E-state index >= 15 is 0 Å². The van der Waals surface area contributed by atoms with Gasteiger partial charge in [0.25, 0.3) is 0 Å². The van der Waals surface area contributed by atoms with Crippen LogP contribution in [0.5, 0.6) is 0 Å². The van der Waals surface area contributed by atoms with Crippen LogP contribution in [0.2, 0.25) is 0 Å². The number of aldehydes is 1. The molecule has 3 nitrogen and oxygen atoms in total. The molecule has 2 rings (SSSR count). The maximum absolute atomic E-state index is 10.5. The Morgan fingerprint density at radius 3 is 2.61 bits per heavy atom. The van der Waals surface area contributed by atoms with Gasteiger partial charge in [-0.25, -0.2) is 0 Å². The largest absolute Gasteiger partial charge is 0.457 e. The van der Waals surface area contributed by atoms with Crippen LogP contribution in [0.1, 0.15) is 27.4 Å². The van der Waals surface area contributed by atoms with Crippen LogP contribution in [-0.4, -0.2) is 18.2 Å². The van der Waals surface area contributed by atoms with Crippen LogP contribution in [0.3, 0.4) is 0 Å². The molecule has 0 saturated carbocycles. The summed E-state index contributed by atoms with van der Waals surface area (Å²) in [5.41, 5.74) is 2.60. The van der Waals surface area contributed by atoms with Gasteiger partial charge >= 0.3 is 0 Å². The summed E-state index contributed by atoms with van der Waals surface area (Å²) in [6, 6.07) is 11.9. The molecule has 3 heteroatoms. The molecule has 0 amide bonds. The van der Waals surface area contributed by atoms with E-state index in [-0.39, 0.29) is 0 Å². The Bertz CT molecular complexity index is 531. The average molecular weight is 243 g/mol. The third kappa shape index (κ3) is 3.08. The lowest BCUT2D eigenvalue weighted by atomic mass is 10.1. The average Bonchev–Trinajstić information content (AvgIpc) is 2.80. The first-order valence-electron chi connectivity index (χ1n) is 5.96. The molecule has 0 aliphatic rings. The summed E-state index contributed by atoms with van der Waals surface area (Å²) in [6.45, 7) is 3.67. The molecule has 0 saturated heterocycles. The minimum Gasteiger partial charge on any atom is -0.457 e. The van der Waals surface area contributed by atoms with Gasteiger partial charge in [0.15, 0.2) is 12.0 Å². The number of rotatable bonds is 5. The Hall–Kier alpha value is -1.87. The van der Waals surface area contributed by atoms with E-state index in [0.717, 1.165) is 18.6 Å². The molecule has 0 fully saturated rings. The first-order chi connectivity index (χ1) is 8.69. The van der Waals surface area contributed by atoms with Crippen molar-refractivity contribution in [2.24, 2.45) is 0 Å². The summed E-state index contributed by atoms with van der Waals surface area (Å²) in [6.07, 6.45) is 0.727. The lowest BCUT2D eigenvalue weighted by Gasteiger charge is -2.16. The van der Waals surface area contributed by atoms with E-state index in [1.807, 2.05) is 25.2 Å². The Balaban J connectivity index is 1.98. The molecular weight excluding hydrogens is 226 g/mol. The molecule has 1 aromatic heterocycles. The van der Waals surface area contributed by atoms with E-state index in [2.05, 4.69) is 24.0 Å². The van der Waals surface area contributed by atoms with Gasteiger partial charge in [-0.2, -0.15) is 0 Å². The first kappa shape index (κ1) is 12.6. The van der Waals surface area contributed by atoms with Crippen molar-refractivity contribution in [1.29, 1.82) is 0 Å². The second-order valence-corrected chi connectivity index (χ2v) is 4.52. The molecule has 94 valence electrons. The molecule has 0 radical (unpaired) electrons. The van der Waals surface area contributed by atoms with Crippen molar-refractivity contribution < 1.29 is 9.21 Å². The smallest absolute Gasteiger partial charge is 0.185 e. The van der Waals surface area contributed by atoms with E-state index in [1.54, 1.807) is 6.07 Å². The van der Waals surface area contributed by atoms with Gasteiger partial charge in [0.2, 0.25) is 0 Å². The quantitative estimate of drug-likeness (QED) is 0.757. The highest BCUT2D eigenvalue weighted by molar-refractivity contribution is 5.70. The molecule has 0 unspecified atom stereocenters. The fraction of sp³-hybridized carbons (Fsp3) is 0.267. The molecule has 0 bridgehead atoms. The number of carbonyl (C=O) groups excluding carboxylic acids is 1. The third-order valence-corrected chi connectivity index (χ3v) is 2.93. The molecule has 0 aliphatic carbocycles. The minimum absolute atomic E-state index is 0.384. The van der Waals surface area contributed by atoms with Crippen molar-refractivity contribution in [3.05, 3.63) is 59.0 Å². The minimum atomic E-state index is 0.384. The predicted molar refractivity (Wildman–Crippen MR) is 70.4 cm³/mol. The fourth-order valence-corrected chi connectivity index (χ4v) is 1.94. The van der Waals surface area contributed by atoms with Crippen molar-refractivity contribution in [1.82, 2.24) is 4.90 Å². The topological polar surface area (TPSA) is 33.5 Å². The van der Waals surface area contributed by atoms with E-state index in [1.165, 1.54) is 11.1 Å². The van der Waals surface area contributed by atoms with Crippen LogP contribution < -0.4 is 0 Å². The number of benzene rings is 1. The summed E-state index contributed by atoms with van der Waals surface area (Å²) in [5.74, 6) is 1.20. The van der Waals surface area contributed by atoms with Crippen LogP contribution in [0.4, 0.5) is 0 Å². The predicted octanol–water partition coefficient (Wildman–Crippen LogP) is 3.03. The van der Waals surface area contributed by atoms with Crippen LogP contribution in [0.25, 0.3) is 0 Å². The van der Waals surface area contributed by atoms with Gasteiger partial charge in [0, 0.05) is 6.54 Å². The normalized spacial score (nSPS) is 10.8. The zero-order valence-corrected chi connectivity index (χ0v) is 10.7. The Labute approximate surface area is 107 Å². The fourth-order valence-electron chi connectivity index (χ4n) is 1.94. The Kier molecular flexibility index (Phi) is 3.95. The molecule has 0 N–H and O–H groups in total.